The van der Waals surface area contributed by atoms with Gasteiger partial charge in [-0.05, 0) is 80.7 Å². The summed E-state index contributed by atoms with van der Waals surface area (Å²) in [6, 6.07) is 5.12. The Morgan fingerprint density at radius 1 is 1.00 bits per heavy atom. The Kier molecular flexibility index (Phi) is 12.0. The van der Waals surface area contributed by atoms with Gasteiger partial charge in [-0.15, -0.1) is 0 Å². The Hall–Kier alpha value is -3.87. The molecule has 0 atom stereocenters. The Labute approximate surface area is 301 Å². The number of amides is 1. The van der Waals surface area contributed by atoms with E-state index in [0.717, 1.165) is 6.07 Å². The van der Waals surface area contributed by atoms with Crippen LogP contribution in [-0.4, -0.2) is 55.4 Å². The zero-order chi connectivity index (χ0) is 35.3. The number of aromatic nitrogens is 6. The van der Waals surface area contributed by atoms with Crippen LogP contribution in [0.2, 0.25) is 5.02 Å². The summed E-state index contributed by atoms with van der Waals surface area (Å²) in [5.41, 5.74) is -0.504. The third kappa shape index (κ3) is 8.97. The molecule has 1 amide bonds. The maximum absolute atomic E-state index is 14.3. The number of aromatic amines is 1. The van der Waals surface area contributed by atoms with Crippen molar-refractivity contribution in [2.24, 2.45) is 0 Å². The number of nitrogens with one attached hydrogen (secondary N) is 2. The topological polar surface area (TPSA) is 155 Å². The van der Waals surface area contributed by atoms with E-state index in [1.807, 2.05) is 0 Å². The lowest BCUT2D eigenvalue weighted by Crippen LogP contribution is -2.27. The summed E-state index contributed by atoms with van der Waals surface area (Å²) in [4.78, 5) is 43.0. The molecule has 5 rings (SSSR count). The van der Waals surface area contributed by atoms with Crippen LogP contribution in [0, 0.1) is 11.6 Å². The predicted molar refractivity (Wildman–Crippen MR) is 183 cm³/mol. The normalized spacial score (nSPS) is 11.1. The van der Waals surface area contributed by atoms with E-state index < -0.39 is 29.0 Å². The van der Waals surface area contributed by atoms with Gasteiger partial charge in [-0.1, -0.05) is 11.6 Å². The molecule has 254 valence electrons. The molecule has 0 radical (unpaired) electrons. The number of rotatable bonds is 7. The molecule has 48 heavy (non-hydrogen) atoms. The smallest absolute Gasteiger partial charge is 0.413 e. The van der Waals surface area contributed by atoms with Crippen molar-refractivity contribution in [2.75, 3.05) is 19.5 Å². The van der Waals surface area contributed by atoms with Crippen LogP contribution in [-0.2, 0) is 11.3 Å². The van der Waals surface area contributed by atoms with E-state index in [2.05, 4.69) is 78.0 Å². The number of benzene rings is 2. The third-order valence-electron chi connectivity index (χ3n) is 5.90. The lowest BCUT2D eigenvalue weighted by molar-refractivity contribution is 0.0635. The first-order chi connectivity index (χ1) is 22.6. The van der Waals surface area contributed by atoms with Gasteiger partial charge in [0.15, 0.2) is 40.2 Å². The highest BCUT2D eigenvalue weighted by molar-refractivity contribution is 9.11. The fraction of sp³-hybridized carbons (Fsp3) is 0.241. The monoisotopic (exact) mass is 877 g/mol. The minimum absolute atomic E-state index is 0.116. The van der Waals surface area contributed by atoms with Crippen molar-refractivity contribution in [1.82, 2.24) is 29.5 Å². The van der Waals surface area contributed by atoms with Crippen LogP contribution in [0.3, 0.4) is 0 Å². The van der Waals surface area contributed by atoms with E-state index in [4.69, 9.17) is 30.5 Å². The molecule has 0 saturated carbocycles. The molecule has 19 heteroatoms. The van der Waals surface area contributed by atoms with E-state index >= 15 is 0 Å². The molecular weight excluding hydrogens is 856 g/mol. The highest BCUT2D eigenvalue weighted by Crippen LogP contribution is 2.37. The van der Waals surface area contributed by atoms with E-state index in [-0.39, 0.29) is 51.4 Å². The summed E-state index contributed by atoms with van der Waals surface area (Å²) in [5, 5.41) is 2.65. The zero-order valence-corrected chi connectivity index (χ0v) is 31.1. The SMILES string of the molecule is CC(C)(C)OC(=O)Nc1ncc(Br)nc1Br.COc1cc(Cl)c(-n2c(=O)[nH]c3ncc(Br)nc32)cc1OCc1c(OC)ccc(F)c1F. The van der Waals surface area contributed by atoms with Gasteiger partial charge in [-0.3, -0.25) is 10.3 Å². The Morgan fingerprint density at radius 2 is 1.67 bits per heavy atom. The fourth-order valence-electron chi connectivity index (χ4n) is 3.93. The number of nitrogens with zero attached hydrogens (tertiary/aromatic N) is 5. The molecule has 2 aromatic carbocycles. The number of H-pyrrole nitrogens is 1. The van der Waals surface area contributed by atoms with Gasteiger partial charge in [-0.2, -0.15) is 0 Å². The van der Waals surface area contributed by atoms with Gasteiger partial charge in [0.05, 0.1) is 42.9 Å². The number of carbonyl (C=O) groups excluding carboxylic acids is 1. The summed E-state index contributed by atoms with van der Waals surface area (Å²) in [7, 11) is 2.72. The molecule has 0 aliphatic heterocycles. The molecule has 0 saturated heterocycles. The fourth-order valence-corrected chi connectivity index (χ4v) is 5.35. The largest absolute Gasteiger partial charge is 0.496 e. The number of imidazole rings is 1. The summed E-state index contributed by atoms with van der Waals surface area (Å²) in [5.74, 6) is -1.35. The van der Waals surface area contributed by atoms with E-state index in [1.54, 1.807) is 20.8 Å². The number of carbonyl (C=O) groups is 1. The highest BCUT2D eigenvalue weighted by Gasteiger charge is 2.21. The molecule has 0 aliphatic carbocycles. The second kappa shape index (κ2) is 15.6. The molecule has 0 spiro atoms. The highest BCUT2D eigenvalue weighted by atomic mass is 79.9. The lowest BCUT2D eigenvalue weighted by atomic mass is 10.2. The standard InChI is InChI=1S/C20H14BrClF2N4O4.C9H11Br2N3O2/c1-30-13-4-3-11(23)17(24)9(13)8-32-15-6-12(10(22)5-14(15)31-2)28-19-18(27-20(28)29)25-7-16(21)26-19;1-9(2,3)16-8(15)14-7-6(11)13-5(10)4-12-7/h3-7H,8H2,1-2H3,(H,25,27,29);4H,1-3H3,(H,12,14,15). The maximum atomic E-state index is 14.3. The van der Waals surface area contributed by atoms with Crippen molar-refractivity contribution >= 4 is 82.6 Å². The summed E-state index contributed by atoms with van der Waals surface area (Å²) in [6.07, 6.45) is 2.36. The van der Waals surface area contributed by atoms with Crippen molar-refractivity contribution in [3.05, 3.63) is 83.2 Å². The van der Waals surface area contributed by atoms with Crippen LogP contribution in [0.5, 0.6) is 17.2 Å². The molecular formula is C29H25Br3ClF2N7O6. The quantitative estimate of drug-likeness (QED) is 0.166. The molecule has 0 unspecified atom stereocenters. The predicted octanol–water partition coefficient (Wildman–Crippen LogP) is 7.75. The number of halogens is 6. The van der Waals surface area contributed by atoms with Crippen LogP contribution in [0.25, 0.3) is 17.0 Å². The second-order valence-corrected chi connectivity index (χ2v) is 13.2. The molecule has 0 fully saturated rings. The number of fused-ring (bicyclic) bond motifs is 1. The number of ether oxygens (including phenoxy) is 4. The van der Waals surface area contributed by atoms with Crippen LogP contribution in [0.15, 0.2) is 55.3 Å². The summed E-state index contributed by atoms with van der Waals surface area (Å²) >= 11 is 16.0. The average Bonchev–Trinajstić information content (AvgIpc) is 3.33. The van der Waals surface area contributed by atoms with Crippen LogP contribution in [0.4, 0.5) is 19.4 Å². The molecule has 0 bridgehead atoms. The van der Waals surface area contributed by atoms with Crippen molar-refractivity contribution in [3.8, 4) is 22.9 Å². The van der Waals surface area contributed by atoms with Crippen molar-refractivity contribution in [1.29, 1.82) is 0 Å². The first-order valence-corrected chi connectivity index (χ1v) is 16.2. The summed E-state index contributed by atoms with van der Waals surface area (Å²) in [6.45, 7) is 4.98. The van der Waals surface area contributed by atoms with E-state index in [9.17, 15) is 18.4 Å². The van der Waals surface area contributed by atoms with Crippen molar-refractivity contribution in [2.45, 2.75) is 33.0 Å². The Morgan fingerprint density at radius 3 is 2.31 bits per heavy atom. The van der Waals surface area contributed by atoms with Gasteiger partial charge in [0.25, 0.3) is 0 Å². The van der Waals surface area contributed by atoms with Gasteiger partial charge in [0, 0.05) is 12.1 Å². The first kappa shape index (κ1) is 37.0. The second-order valence-electron chi connectivity index (χ2n) is 10.4. The number of hydrogen-bond donors (Lipinski definition) is 2. The Bertz CT molecular complexity index is 2040. The van der Waals surface area contributed by atoms with Gasteiger partial charge in [0.2, 0.25) is 0 Å². The van der Waals surface area contributed by atoms with E-state index in [0.29, 0.717) is 19.6 Å². The van der Waals surface area contributed by atoms with Gasteiger partial charge in [0.1, 0.15) is 31.8 Å². The van der Waals surface area contributed by atoms with Gasteiger partial charge >= 0.3 is 11.8 Å². The molecule has 2 N–H and O–H groups in total. The molecule has 13 nitrogen and oxygen atoms in total. The minimum atomic E-state index is -1.09. The molecule has 3 heterocycles. The molecule has 5 aromatic rings. The number of anilines is 1. The Balaban J connectivity index is 0.000000274. The minimum Gasteiger partial charge on any atom is -0.496 e. The summed E-state index contributed by atoms with van der Waals surface area (Å²) < 4.78 is 51.8. The van der Waals surface area contributed by atoms with Crippen molar-refractivity contribution in [3.63, 3.8) is 0 Å². The first-order valence-electron chi connectivity index (χ1n) is 13.4. The van der Waals surface area contributed by atoms with E-state index in [1.165, 1.54) is 49.4 Å². The average molecular weight is 881 g/mol. The molecule has 0 aliphatic rings. The molecule has 3 aromatic heterocycles. The third-order valence-corrected chi connectivity index (χ3v) is 7.52. The maximum Gasteiger partial charge on any atom is 0.413 e. The number of methoxy groups -OCH3 is 2. The lowest BCUT2D eigenvalue weighted by Gasteiger charge is -2.19. The zero-order valence-electron chi connectivity index (χ0n) is 25.6. The van der Waals surface area contributed by atoms with Crippen LogP contribution in [0.1, 0.15) is 26.3 Å². The van der Waals surface area contributed by atoms with Crippen LogP contribution < -0.4 is 25.2 Å². The van der Waals surface area contributed by atoms with Gasteiger partial charge in [-0.25, -0.2) is 42.9 Å². The van der Waals surface area contributed by atoms with Crippen LogP contribution >= 0.6 is 59.4 Å². The van der Waals surface area contributed by atoms with Crippen molar-refractivity contribution < 1.29 is 32.5 Å². The number of hydrogen-bond acceptors (Lipinski definition) is 10. The van der Waals surface area contributed by atoms with Gasteiger partial charge < -0.3 is 18.9 Å².